The van der Waals surface area contributed by atoms with Crippen LogP contribution >= 0.6 is 23.2 Å². The Balaban J connectivity index is 3.13. The molecule has 0 aliphatic heterocycles. The second kappa shape index (κ2) is 9.21. The highest BCUT2D eigenvalue weighted by Crippen LogP contribution is 2.23. The number of sulfone groups is 1. The van der Waals surface area contributed by atoms with E-state index in [1.165, 1.54) is 24.3 Å². The summed E-state index contributed by atoms with van der Waals surface area (Å²) in [4.78, 5) is 20.8. The average Bonchev–Trinajstić information content (AvgIpc) is 2.52. The Labute approximate surface area is 154 Å². The van der Waals surface area contributed by atoms with Gasteiger partial charge in [0.2, 0.25) is 0 Å². The van der Waals surface area contributed by atoms with Crippen LogP contribution in [0.15, 0.2) is 29.2 Å². The van der Waals surface area contributed by atoms with Crippen molar-refractivity contribution in [2.45, 2.75) is 21.7 Å². The van der Waals surface area contributed by atoms with Crippen molar-refractivity contribution in [3.05, 3.63) is 29.8 Å². The van der Waals surface area contributed by atoms with Crippen molar-refractivity contribution in [1.82, 2.24) is 5.32 Å². The Hall–Kier alpha value is -1.58. The van der Waals surface area contributed by atoms with Crippen LogP contribution in [0.3, 0.4) is 0 Å². The molecular weight excluding hydrogens is 400 g/mol. The summed E-state index contributed by atoms with van der Waals surface area (Å²) < 4.78 is 40.9. The molecule has 0 aromatic heterocycles. The molecule has 7 nitrogen and oxygen atoms in total. The maximum atomic E-state index is 13.4. The number of benzene rings is 1. The number of alkyl halides is 3. The van der Waals surface area contributed by atoms with Gasteiger partial charge in [-0.1, -0.05) is 35.3 Å². The molecule has 25 heavy (non-hydrogen) atoms. The zero-order chi connectivity index (χ0) is 19.2. The molecule has 0 spiro atoms. The predicted octanol–water partition coefficient (Wildman–Crippen LogP) is 2.13. The molecule has 0 fully saturated rings. The van der Waals surface area contributed by atoms with Gasteiger partial charge in [-0.3, -0.25) is 4.79 Å². The molecule has 0 heterocycles. The molecule has 0 saturated carbocycles. The van der Waals surface area contributed by atoms with Gasteiger partial charge in [-0.2, -0.15) is 0 Å². The molecule has 0 bridgehead atoms. The zero-order valence-electron chi connectivity index (χ0n) is 13.0. The summed E-state index contributed by atoms with van der Waals surface area (Å²) >= 11 is 10.8. The van der Waals surface area contributed by atoms with Crippen LogP contribution in [-0.4, -0.2) is 56.0 Å². The number of hydrogen-bond acceptors (Lipinski definition) is 5. The molecule has 1 amide bonds. The Morgan fingerprint density at radius 3 is 2.24 bits per heavy atom. The summed E-state index contributed by atoms with van der Waals surface area (Å²) in [6, 6.07) is 4.19. The van der Waals surface area contributed by atoms with Gasteiger partial charge in [0.15, 0.2) is 14.7 Å². The van der Waals surface area contributed by atoms with Gasteiger partial charge in [-0.05, 0) is 17.7 Å². The molecule has 140 valence electrons. The fraction of sp³-hybridized carbons (Fsp3) is 0.429. The maximum Gasteiger partial charge on any atom is 0.505 e. The molecule has 2 N–H and O–H groups in total. The lowest BCUT2D eigenvalue weighted by Gasteiger charge is -2.26. The molecule has 1 aromatic rings. The van der Waals surface area contributed by atoms with E-state index in [0.717, 1.165) is 6.26 Å². The molecule has 1 aromatic carbocycles. The quantitative estimate of drug-likeness (QED) is 0.496. The van der Waals surface area contributed by atoms with Crippen LogP contribution in [0.2, 0.25) is 0 Å². The third kappa shape index (κ3) is 6.68. The van der Waals surface area contributed by atoms with Gasteiger partial charge < -0.3 is 15.2 Å². The van der Waals surface area contributed by atoms with Gasteiger partial charge in [0.1, 0.15) is 13.3 Å². The van der Waals surface area contributed by atoms with Crippen molar-refractivity contribution in [1.29, 1.82) is 0 Å². The van der Waals surface area contributed by atoms with Gasteiger partial charge in [0.25, 0.3) is 5.91 Å². The highest BCUT2D eigenvalue weighted by molar-refractivity contribution is 7.90. The fourth-order valence-corrected chi connectivity index (χ4v) is 2.82. The van der Waals surface area contributed by atoms with Crippen LogP contribution in [0.1, 0.15) is 11.5 Å². The van der Waals surface area contributed by atoms with E-state index in [2.05, 4.69) is 10.1 Å². The standard InChI is InChI=1S/C14H16Cl2FNO6S/c1-25(22,23)9-4-2-8(3-5-9)10(7-24-14(20)21)11(6-17)18-13(19)12(15)16/h2-5,10-12H,6-7H2,1H3,(H,18,19)(H,20,21)/t10-,11-/m1/s1. The largest absolute Gasteiger partial charge is 0.505 e. The molecule has 2 atom stereocenters. The van der Waals surface area contributed by atoms with Crippen LogP contribution in [-0.2, 0) is 19.4 Å². The van der Waals surface area contributed by atoms with Crippen LogP contribution in [0.25, 0.3) is 0 Å². The number of rotatable bonds is 8. The molecule has 1 rings (SSSR count). The first-order valence-electron chi connectivity index (χ1n) is 6.86. The lowest BCUT2D eigenvalue weighted by molar-refractivity contribution is -0.120. The number of carbonyl (C=O) groups excluding carboxylic acids is 1. The number of amides is 1. The number of hydrogen-bond donors (Lipinski definition) is 2. The molecule has 0 aliphatic carbocycles. The fourth-order valence-electron chi connectivity index (χ4n) is 2.06. The first kappa shape index (κ1) is 21.5. The molecule has 0 unspecified atom stereocenters. The Morgan fingerprint density at radius 2 is 1.84 bits per heavy atom. The third-order valence-electron chi connectivity index (χ3n) is 3.30. The predicted molar refractivity (Wildman–Crippen MR) is 89.7 cm³/mol. The number of carbonyl (C=O) groups is 2. The number of nitrogens with one attached hydrogen (secondary N) is 1. The molecule has 0 aliphatic rings. The van der Waals surface area contributed by atoms with E-state index in [0.29, 0.717) is 5.56 Å². The van der Waals surface area contributed by atoms with Crippen molar-refractivity contribution >= 4 is 45.1 Å². The zero-order valence-corrected chi connectivity index (χ0v) is 15.3. The summed E-state index contributed by atoms with van der Waals surface area (Å²) in [6.07, 6.45) is -0.548. The average molecular weight is 416 g/mol. The molecule has 11 heteroatoms. The van der Waals surface area contributed by atoms with Crippen molar-refractivity contribution < 1.29 is 32.2 Å². The summed E-state index contributed by atoms with van der Waals surface area (Å²) in [6.45, 7) is -1.51. The van der Waals surface area contributed by atoms with E-state index in [1.54, 1.807) is 0 Å². The Kier molecular flexibility index (Phi) is 7.91. The summed E-state index contributed by atoms with van der Waals surface area (Å²) in [5, 5.41) is 10.9. The summed E-state index contributed by atoms with van der Waals surface area (Å²) in [5.41, 5.74) is 0.372. The second-order valence-electron chi connectivity index (χ2n) is 5.09. The first-order chi connectivity index (χ1) is 11.6. The van der Waals surface area contributed by atoms with Crippen molar-refractivity contribution in [2.24, 2.45) is 0 Å². The van der Waals surface area contributed by atoms with Crippen molar-refractivity contribution in [2.75, 3.05) is 19.5 Å². The second-order valence-corrected chi connectivity index (χ2v) is 8.21. The lowest BCUT2D eigenvalue weighted by atomic mass is 9.92. The first-order valence-corrected chi connectivity index (χ1v) is 9.63. The van der Waals surface area contributed by atoms with Crippen LogP contribution in [0, 0.1) is 0 Å². The SMILES string of the molecule is CS(=O)(=O)c1ccc([C@@H](COC(=O)O)[C@@H](CF)NC(=O)C(Cl)Cl)cc1. The van der Waals surface area contributed by atoms with E-state index in [9.17, 15) is 22.4 Å². The minimum atomic E-state index is -3.43. The minimum Gasteiger partial charge on any atom is -0.450 e. The van der Waals surface area contributed by atoms with Gasteiger partial charge in [0.05, 0.1) is 10.9 Å². The van der Waals surface area contributed by atoms with Crippen molar-refractivity contribution in [3.8, 4) is 0 Å². The van der Waals surface area contributed by atoms with E-state index in [-0.39, 0.29) is 4.90 Å². The minimum absolute atomic E-state index is 0.0385. The summed E-state index contributed by atoms with van der Waals surface area (Å²) in [5.74, 6) is -1.76. The number of ether oxygens (including phenoxy) is 1. The van der Waals surface area contributed by atoms with Crippen LogP contribution in [0.4, 0.5) is 9.18 Å². The van der Waals surface area contributed by atoms with Crippen LogP contribution < -0.4 is 5.32 Å². The summed E-state index contributed by atoms with van der Waals surface area (Å²) in [7, 11) is -3.43. The maximum absolute atomic E-state index is 13.4. The van der Waals surface area contributed by atoms with Gasteiger partial charge in [-0.25, -0.2) is 17.6 Å². The lowest BCUT2D eigenvalue weighted by Crippen LogP contribution is -2.44. The smallest absolute Gasteiger partial charge is 0.450 e. The Morgan fingerprint density at radius 1 is 1.28 bits per heavy atom. The highest BCUT2D eigenvalue weighted by Gasteiger charge is 2.28. The van der Waals surface area contributed by atoms with Gasteiger partial charge in [-0.15, -0.1) is 0 Å². The molecular formula is C14H16Cl2FNO6S. The van der Waals surface area contributed by atoms with Crippen LogP contribution in [0.5, 0.6) is 0 Å². The number of carboxylic acid groups (broad SMARTS) is 1. The van der Waals surface area contributed by atoms with E-state index >= 15 is 0 Å². The van der Waals surface area contributed by atoms with E-state index in [1.807, 2.05) is 0 Å². The molecule has 0 saturated heterocycles. The van der Waals surface area contributed by atoms with E-state index in [4.69, 9.17) is 28.3 Å². The Bertz CT molecular complexity index is 711. The normalized spacial score (nSPS) is 14.0. The van der Waals surface area contributed by atoms with Gasteiger partial charge in [0, 0.05) is 12.2 Å². The van der Waals surface area contributed by atoms with E-state index < -0.39 is 52.0 Å². The third-order valence-corrected chi connectivity index (χ3v) is 4.83. The highest BCUT2D eigenvalue weighted by atomic mass is 35.5. The number of halogens is 3. The monoisotopic (exact) mass is 415 g/mol. The topological polar surface area (TPSA) is 110 Å². The molecule has 0 radical (unpaired) electrons. The van der Waals surface area contributed by atoms with Gasteiger partial charge >= 0.3 is 6.16 Å². The van der Waals surface area contributed by atoms with Crippen molar-refractivity contribution in [3.63, 3.8) is 0 Å².